The summed E-state index contributed by atoms with van der Waals surface area (Å²) in [6, 6.07) is 2.19. The van der Waals surface area contributed by atoms with Crippen LogP contribution >= 0.6 is 0 Å². The maximum absolute atomic E-state index is 11.0. The highest BCUT2D eigenvalue weighted by Gasteiger charge is 2.45. The predicted octanol–water partition coefficient (Wildman–Crippen LogP) is 0.406. The molecule has 3 unspecified atom stereocenters. The van der Waals surface area contributed by atoms with Crippen molar-refractivity contribution in [3.8, 4) is 6.07 Å². The van der Waals surface area contributed by atoms with Crippen molar-refractivity contribution in [3.05, 3.63) is 12.3 Å². The molecular weight excluding hydrogens is 140 g/mol. The Bertz CT molecular complexity index is 264. The van der Waals surface area contributed by atoms with E-state index in [0.717, 1.165) is 6.42 Å². The van der Waals surface area contributed by atoms with E-state index in [1.807, 2.05) is 6.08 Å². The molecule has 3 atom stereocenters. The number of nitriles is 1. The van der Waals surface area contributed by atoms with E-state index >= 15 is 0 Å². The SMILES string of the molecule is N#CC1CC2C(=O)NC=CC12. The standard InChI is InChI=1S/C8H8N2O/c9-4-5-3-7-6(5)1-2-10-8(7)11/h1-2,5-7H,3H2,(H,10,11). The second-order valence-electron chi connectivity index (χ2n) is 3.02. The summed E-state index contributed by atoms with van der Waals surface area (Å²) in [6.45, 7) is 0. The number of rotatable bonds is 0. The molecule has 0 bridgehead atoms. The molecule has 3 nitrogen and oxygen atoms in total. The van der Waals surface area contributed by atoms with Gasteiger partial charge in [-0.2, -0.15) is 5.26 Å². The van der Waals surface area contributed by atoms with Gasteiger partial charge in [0.2, 0.25) is 5.91 Å². The van der Waals surface area contributed by atoms with E-state index in [1.165, 1.54) is 0 Å². The van der Waals surface area contributed by atoms with Crippen LogP contribution < -0.4 is 5.32 Å². The molecule has 1 N–H and O–H groups in total. The number of carbonyl (C=O) groups excluding carboxylic acids is 1. The molecule has 0 aromatic carbocycles. The molecule has 56 valence electrons. The topological polar surface area (TPSA) is 52.9 Å². The molecule has 1 saturated carbocycles. The number of hydrogen-bond donors (Lipinski definition) is 1. The van der Waals surface area contributed by atoms with Crippen LogP contribution in [-0.2, 0) is 4.79 Å². The molecule has 1 aliphatic heterocycles. The normalized spacial score (nSPS) is 39.9. The predicted molar refractivity (Wildman–Crippen MR) is 38.0 cm³/mol. The van der Waals surface area contributed by atoms with E-state index in [-0.39, 0.29) is 23.7 Å². The van der Waals surface area contributed by atoms with E-state index in [4.69, 9.17) is 5.26 Å². The van der Waals surface area contributed by atoms with Gasteiger partial charge in [-0.25, -0.2) is 0 Å². The Morgan fingerprint density at radius 3 is 3.27 bits per heavy atom. The van der Waals surface area contributed by atoms with Gasteiger partial charge in [-0.1, -0.05) is 6.08 Å². The lowest BCUT2D eigenvalue weighted by Crippen LogP contribution is -2.46. The first-order valence-electron chi connectivity index (χ1n) is 3.69. The molecule has 2 rings (SSSR count). The summed E-state index contributed by atoms with van der Waals surface area (Å²) in [5, 5.41) is 11.2. The van der Waals surface area contributed by atoms with Crippen LogP contribution in [0, 0.1) is 29.1 Å². The summed E-state index contributed by atoms with van der Waals surface area (Å²) >= 11 is 0. The minimum Gasteiger partial charge on any atom is -0.333 e. The molecule has 3 heteroatoms. The van der Waals surface area contributed by atoms with Crippen LogP contribution in [0.25, 0.3) is 0 Å². The number of allylic oxidation sites excluding steroid dienone is 1. The Morgan fingerprint density at radius 1 is 1.73 bits per heavy atom. The quantitative estimate of drug-likeness (QED) is 0.540. The summed E-state index contributed by atoms with van der Waals surface area (Å²) in [6.07, 6.45) is 4.30. The maximum Gasteiger partial charge on any atom is 0.227 e. The zero-order valence-electron chi connectivity index (χ0n) is 5.95. The number of carbonyl (C=O) groups is 1. The van der Waals surface area contributed by atoms with Crippen LogP contribution in [0.1, 0.15) is 6.42 Å². The average Bonchev–Trinajstić information content (AvgIpc) is 1.95. The summed E-state index contributed by atoms with van der Waals surface area (Å²) in [4.78, 5) is 11.0. The van der Waals surface area contributed by atoms with E-state index in [9.17, 15) is 4.79 Å². The Morgan fingerprint density at radius 2 is 2.55 bits per heavy atom. The van der Waals surface area contributed by atoms with Crippen molar-refractivity contribution in [2.24, 2.45) is 17.8 Å². The van der Waals surface area contributed by atoms with Gasteiger partial charge in [0.25, 0.3) is 0 Å². The smallest absolute Gasteiger partial charge is 0.227 e. The monoisotopic (exact) mass is 148 g/mol. The van der Waals surface area contributed by atoms with Gasteiger partial charge in [-0.15, -0.1) is 0 Å². The number of hydrogen-bond acceptors (Lipinski definition) is 2. The zero-order chi connectivity index (χ0) is 7.84. The van der Waals surface area contributed by atoms with Crippen LogP contribution in [0.15, 0.2) is 12.3 Å². The summed E-state index contributed by atoms with van der Waals surface area (Å²) in [7, 11) is 0. The highest BCUT2D eigenvalue weighted by atomic mass is 16.1. The largest absolute Gasteiger partial charge is 0.333 e. The van der Waals surface area contributed by atoms with Crippen molar-refractivity contribution in [1.29, 1.82) is 5.26 Å². The minimum absolute atomic E-state index is 0.0716. The average molecular weight is 148 g/mol. The molecule has 1 heterocycles. The van der Waals surface area contributed by atoms with Crippen molar-refractivity contribution in [2.75, 3.05) is 0 Å². The van der Waals surface area contributed by atoms with E-state index in [1.54, 1.807) is 6.20 Å². The highest BCUT2D eigenvalue weighted by Crippen LogP contribution is 2.42. The molecule has 0 aromatic rings. The van der Waals surface area contributed by atoms with Gasteiger partial charge in [0.15, 0.2) is 0 Å². The Kier molecular flexibility index (Phi) is 1.22. The van der Waals surface area contributed by atoms with Gasteiger partial charge in [-0.05, 0) is 6.42 Å². The lowest BCUT2D eigenvalue weighted by Gasteiger charge is -2.39. The number of nitrogens with zero attached hydrogens (tertiary/aromatic N) is 1. The third-order valence-electron chi connectivity index (χ3n) is 2.48. The van der Waals surface area contributed by atoms with Crippen molar-refractivity contribution in [1.82, 2.24) is 5.32 Å². The van der Waals surface area contributed by atoms with Crippen LogP contribution in [0.3, 0.4) is 0 Å². The molecule has 2 aliphatic rings. The summed E-state index contributed by atoms with van der Waals surface area (Å²) in [5.74, 6) is 0.407. The number of nitrogens with one attached hydrogen (secondary N) is 1. The van der Waals surface area contributed by atoms with Gasteiger partial charge in [0.1, 0.15) is 0 Å². The van der Waals surface area contributed by atoms with Crippen LogP contribution in [0.4, 0.5) is 0 Å². The first-order valence-corrected chi connectivity index (χ1v) is 3.69. The Hall–Kier alpha value is -1.30. The molecule has 1 fully saturated rings. The third-order valence-corrected chi connectivity index (χ3v) is 2.48. The molecule has 0 aromatic heterocycles. The zero-order valence-corrected chi connectivity index (χ0v) is 5.95. The number of fused-ring (bicyclic) bond motifs is 1. The second-order valence-corrected chi connectivity index (χ2v) is 3.02. The van der Waals surface area contributed by atoms with Gasteiger partial charge >= 0.3 is 0 Å². The Balaban J connectivity index is 2.17. The van der Waals surface area contributed by atoms with E-state index in [0.29, 0.717) is 0 Å². The summed E-state index contributed by atoms with van der Waals surface area (Å²) in [5.41, 5.74) is 0. The maximum atomic E-state index is 11.0. The molecule has 11 heavy (non-hydrogen) atoms. The molecule has 1 amide bonds. The van der Waals surface area contributed by atoms with Crippen LogP contribution in [0.2, 0.25) is 0 Å². The fourth-order valence-corrected chi connectivity index (χ4v) is 1.71. The van der Waals surface area contributed by atoms with Crippen molar-refractivity contribution < 1.29 is 4.79 Å². The van der Waals surface area contributed by atoms with Crippen LogP contribution in [-0.4, -0.2) is 5.91 Å². The molecule has 0 radical (unpaired) electrons. The first-order chi connectivity index (χ1) is 5.33. The van der Waals surface area contributed by atoms with E-state index < -0.39 is 0 Å². The Labute approximate surface area is 64.7 Å². The highest BCUT2D eigenvalue weighted by molar-refractivity contribution is 5.82. The fraction of sp³-hybridized carbons (Fsp3) is 0.500. The molecule has 1 aliphatic carbocycles. The van der Waals surface area contributed by atoms with Gasteiger partial charge < -0.3 is 5.32 Å². The van der Waals surface area contributed by atoms with Gasteiger partial charge in [0, 0.05) is 18.0 Å². The fourth-order valence-electron chi connectivity index (χ4n) is 1.71. The number of amides is 1. The van der Waals surface area contributed by atoms with E-state index in [2.05, 4.69) is 11.4 Å². The third kappa shape index (κ3) is 0.758. The van der Waals surface area contributed by atoms with Crippen molar-refractivity contribution >= 4 is 5.91 Å². The van der Waals surface area contributed by atoms with Gasteiger partial charge in [0.05, 0.1) is 12.0 Å². The lowest BCUT2D eigenvalue weighted by atomic mass is 9.64. The second kappa shape index (κ2) is 2.09. The van der Waals surface area contributed by atoms with Gasteiger partial charge in [-0.3, -0.25) is 4.79 Å². The van der Waals surface area contributed by atoms with Crippen molar-refractivity contribution in [3.63, 3.8) is 0 Å². The molecule has 0 saturated heterocycles. The minimum atomic E-state index is 0.0716. The first kappa shape index (κ1) is 6.41. The molecular formula is C8H8N2O. The molecule has 0 spiro atoms. The van der Waals surface area contributed by atoms with Crippen molar-refractivity contribution in [2.45, 2.75) is 6.42 Å². The lowest BCUT2D eigenvalue weighted by molar-refractivity contribution is -0.130. The van der Waals surface area contributed by atoms with Crippen LogP contribution in [0.5, 0.6) is 0 Å². The summed E-state index contributed by atoms with van der Waals surface area (Å²) < 4.78 is 0.